The highest BCUT2D eigenvalue weighted by Gasteiger charge is 2.12. The Labute approximate surface area is 95.4 Å². The van der Waals surface area contributed by atoms with Crippen molar-refractivity contribution < 1.29 is 4.74 Å². The maximum Gasteiger partial charge on any atom is 0.0474 e. The maximum atomic E-state index is 5.02. The van der Waals surface area contributed by atoms with Gasteiger partial charge in [-0.05, 0) is 13.5 Å². The molecule has 0 amide bonds. The van der Waals surface area contributed by atoms with Gasteiger partial charge < -0.3 is 14.5 Å². The van der Waals surface area contributed by atoms with Crippen molar-refractivity contribution in [3.05, 3.63) is 0 Å². The van der Waals surface area contributed by atoms with E-state index < -0.39 is 0 Å². The highest BCUT2D eigenvalue weighted by molar-refractivity contribution is 4.68. The van der Waals surface area contributed by atoms with Crippen LogP contribution in [-0.2, 0) is 4.74 Å². The SMILES string of the molecule is CCC.COCCCN1CCN(C)CC1. The van der Waals surface area contributed by atoms with Gasteiger partial charge in [0.15, 0.2) is 0 Å². The molecule has 1 saturated heterocycles. The molecule has 92 valence electrons. The number of ether oxygens (including phenoxy) is 1. The van der Waals surface area contributed by atoms with E-state index in [1.807, 2.05) is 0 Å². The highest BCUT2D eigenvalue weighted by Crippen LogP contribution is 1.99. The monoisotopic (exact) mass is 216 g/mol. The van der Waals surface area contributed by atoms with Crippen LogP contribution in [0.15, 0.2) is 0 Å². The van der Waals surface area contributed by atoms with Gasteiger partial charge >= 0.3 is 0 Å². The summed E-state index contributed by atoms with van der Waals surface area (Å²) < 4.78 is 5.02. The molecule has 1 fully saturated rings. The zero-order valence-corrected chi connectivity index (χ0v) is 11.0. The fourth-order valence-electron chi connectivity index (χ4n) is 1.50. The average molecular weight is 216 g/mol. The summed E-state index contributed by atoms with van der Waals surface area (Å²) in [6.07, 6.45) is 2.42. The van der Waals surface area contributed by atoms with Crippen LogP contribution in [0.4, 0.5) is 0 Å². The summed E-state index contributed by atoms with van der Waals surface area (Å²) in [6.45, 7) is 11.2. The molecule has 1 aliphatic heterocycles. The normalized spacial score (nSPS) is 18.4. The van der Waals surface area contributed by atoms with Crippen LogP contribution in [-0.4, -0.2) is 63.3 Å². The molecule has 3 heteroatoms. The van der Waals surface area contributed by atoms with Crippen LogP contribution in [0.1, 0.15) is 26.7 Å². The summed E-state index contributed by atoms with van der Waals surface area (Å²) in [6, 6.07) is 0. The molecule has 0 bridgehead atoms. The number of piperazine rings is 1. The van der Waals surface area contributed by atoms with E-state index in [1.54, 1.807) is 7.11 Å². The van der Waals surface area contributed by atoms with Gasteiger partial charge in [0.1, 0.15) is 0 Å². The van der Waals surface area contributed by atoms with Gasteiger partial charge in [-0.15, -0.1) is 0 Å². The van der Waals surface area contributed by atoms with E-state index in [2.05, 4.69) is 30.7 Å². The Bertz CT molecular complexity index is 123. The minimum absolute atomic E-state index is 0.895. The molecular formula is C12H28N2O. The van der Waals surface area contributed by atoms with Crippen molar-refractivity contribution in [3.63, 3.8) is 0 Å². The molecule has 1 rings (SSSR count). The molecule has 0 aromatic carbocycles. The van der Waals surface area contributed by atoms with Gasteiger partial charge in [0, 0.05) is 46.4 Å². The first-order valence-electron chi connectivity index (χ1n) is 6.14. The second-order valence-electron chi connectivity index (χ2n) is 4.20. The zero-order valence-electron chi connectivity index (χ0n) is 11.0. The van der Waals surface area contributed by atoms with E-state index in [9.17, 15) is 0 Å². The zero-order chi connectivity index (χ0) is 11.5. The summed E-state index contributed by atoms with van der Waals surface area (Å²) in [5.74, 6) is 0. The Kier molecular flexibility index (Phi) is 10.3. The smallest absolute Gasteiger partial charge is 0.0474 e. The van der Waals surface area contributed by atoms with Gasteiger partial charge in [0.25, 0.3) is 0 Å². The highest BCUT2D eigenvalue weighted by atomic mass is 16.5. The third kappa shape index (κ3) is 8.85. The van der Waals surface area contributed by atoms with Gasteiger partial charge in [-0.2, -0.15) is 0 Å². The van der Waals surface area contributed by atoms with E-state index in [0.717, 1.165) is 6.61 Å². The van der Waals surface area contributed by atoms with Crippen molar-refractivity contribution in [2.24, 2.45) is 0 Å². The molecule has 0 aromatic rings. The second kappa shape index (κ2) is 10.4. The summed E-state index contributed by atoms with van der Waals surface area (Å²) in [4.78, 5) is 4.89. The third-order valence-electron chi connectivity index (χ3n) is 2.42. The van der Waals surface area contributed by atoms with Gasteiger partial charge in [-0.1, -0.05) is 20.3 Å². The summed E-state index contributed by atoms with van der Waals surface area (Å²) >= 11 is 0. The van der Waals surface area contributed by atoms with Gasteiger partial charge in [0.2, 0.25) is 0 Å². The van der Waals surface area contributed by atoms with Crippen molar-refractivity contribution in [2.45, 2.75) is 26.7 Å². The molecule has 0 aromatic heterocycles. The lowest BCUT2D eigenvalue weighted by molar-refractivity contribution is 0.131. The van der Waals surface area contributed by atoms with Crippen LogP contribution < -0.4 is 0 Å². The Balaban J connectivity index is 0.000000583. The first-order chi connectivity index (χ1) is 7.24. The molecule has 3 nitrogen and oxygen atoms in total. The van der Waals surface area contributed by atoms with E-state index in [4.69, 9.17) is 4.74 Å². The molecule has 0 atom stereocenters. The minimum atomic E-state index is 0.895. The van der Waals surface area contributed by atoms with Crippen molar-refractivity contribution in [1.29, 1.82) is 0 Å². The van der Waals surface area contributed by atoms with Crippen LogP contribution in [0.3, 0.4) is 0 Å². The summed E-state index contributed by atoms with van der Waals surface area (Å²) in [5.41, 5.74) is 0. The first kappa shape index (κ1) is 14.9. The van der Waals surface area contributed by atoms with Crippen LogP contribution in [0.2, 0.25) is 0 Å². The number of likely N-dealkylation sites (N-methyl/N-ethyl adjacent to an activating group) is 1. The molecule has 0 radical (unpaired) electrons. The fraction of sp³-hybridized carbons (Fsp3) is 1.00. The number of nitrogens with zero attached hydrogens (tertiary/aromatic N) is 2. The third-order valence-corrected chi connectivity index (χ3v) is 2.42. The second-order valence-corrected chi connectivity index (χ2v) is 4.20. The van der Waals surface area contributed by atoms with Gasteiger partial charge in [-0.3, -0.25) is 0 Å². The molecule has 0 spiro atoms. The van der Waals surface area contributed by atoms with Crippen LogP contribution in [0.25, 0.3) is 0 Å². The summed E-state index contributed by atoms with van der Waals surface area (Å²) in [7, 11) is 3.95. The average Bonchev–Trinajstić information content (AvgIpc) is 2.23. The molecule has 0 saturated carbocycles. The van der Waals surface area contributed by atoms with Crippen molar-refractivity contribution >= 4 is 0 Å². The van der Waals surface area contributed by atoms with Gasteiger partial charge in [0.05, 0.1) is 0 Å². The summed E-state index contributed by atoms with van der Waals surface area (Å²) in [5, 5.41) is 0. The predicted octanol–water partition coefficient (Wildman–Crippen LogP) is 1.69. The van der Waals surface area contributed by atoms with Gasteiger partial charge in [-0.25, -0.2) is 0 Å². The number of methoxy groups -OCH3 is 1. The fourth-order valence-corrected chi connectivity index (χ4v) is 1.50. The minimum Gasteiger partial charge on any atom is -0.385 e. The number of hydrogen-bond donors (Lipinski definition) is 0. The van der Waals surface area contributed by atoms with E-state index in [1.165, 1.54) is 45.6 Å². The Morgan fingerprint density at radius 1 is 1.07 bits per heavy atom. The van der Waals surface area contributed by atoms with Crippen LogP contribution in [0, 0.1) is 0 Å². The van der Waals surface area contributed by atoms with E-state index in [-0.39, 0.29) is 0 Å². The van der Waals surface area contributed by atoms with Crippen LogP contribution >= 0.6 is 0 Å². The van der Waals surface area contributed by atoms with Crippen LogP contribution in [0.5, 0.6) is 0 Å². The molecule has 0 aliphatic carbocycles. The van der Waals surface area contributed by atoms with E-state index in [0.29, 0.717) is 0 Å². The van der Waals surface area contributed by atoms with E-state index >= 15 is 0 Å². The number of rotatable bonds is 4. The lowest BCUT2D eigenvalue weighted by Crippen LogP contribution is -2.44. The molecule has 1 aliphatic rings. The first-order valence-corrected chi connectivity index (χ1v) is 6.14. The molecular weight excluding hydrogens is 188 g/mol. The van der Waals surface area contributed by atoms with Crippen molar-refractivity contribution in [3.8, 4) is 0 Å². The Morgan fingerprint density at radius 3 is 2.07 bits per heavy atom. The lowest BCUT2D eigenvalue weighted by atomic mass is 10.3. The topological polar surface area (TPSA) is 15.7 Å². The standard InChI is InChI=1S/C9H20N2O.C3H8/c1-10-5-7-11(8-6-10)4-3-9-12-2;1-3-2/h3-9H2,1-2H3;3H2,1-2H3. The largest absolute Gasteiger partial charge is 0.385 e. The number of hydrogen-bond acceptors (Lipinski definition) is 3. The molecule has 0 N–H and O–H groups in total. The molecule has 15 heavy (non-hydrogen) atoms. The maximum absolute atomic E-state index is 5.02. The van der Waals surface area contributed by atoms with Crippen molar-refractivity contribution in [1.82, 2.24) is 9.80 Å². The molecule has 1 heterocycles. The lowest BCUT2D eigenvalue weighted by Gasteiger charge is -2.32. The molecule has 0 unspecified atom stereocenters. The predicted molar refractivity (Wildman–Crippen MR) is 66.4 cm³/mol. The Morgan fingerprint density at radius 2 is 1.60 bits per heavy atom. The Hall–Kier alpha value is -0.120. The quantitative estimate of drug-likeness (QED) is 0.665. The van der Waals surface area contributed by atoms with Crippen molar-refractivity contribution in [2.75, 3.05) is 53.5 Å².